The summed E-state index contributed by atoms with van der Waals surface area (Å²) in [7, 11) is -4.11. The van der Waals surface area contributed by atoms with Crippen molar-refractivity contribution in [2.45, 2.75) is 38.3 Å². The zero-order chi connectivity index (χ0) is 28.9. The van der Waals surface area contributed by atoms with Crippen LogP contribution in [0.3, 0.4) is 0 Å². The second-order valence-electron chi connectivity index (χ2n) is 9.69. The van der Waals surface area contributed by atoms with Crippen molar-refractivity contribution in [1.82, 2.24) is 0 Å². The minimum Gasteiger partial charge on any atom is -0.458 e. The minimum absolute atomic E-state index is 0.224. The highest BCUT2D eigenvalue weighted by atomic mass is 32.2. The Hall–Kier alpha value is -4.02. The van der Waals surface area contributed by atoms with Gasteiger partial charge in [0.25, 0.3) is 10.1 Å². The number of carbonyl (C=O) groups excluding carboxylic acids is 3. The van der Waals surface area contributed by atoms with Gasteiger partial charge in [-0.3, -0.25) is 4.18 Å². The van der Waals surface area contributed by atoms with Gasteiger partial charge in [-0.2, -0.15) is 8.42 Å². The molecule has 0 N–H and O–H groups in total. The quantitative estimate of drug-likeness (QED) is 0.223. The van der Waals surface area contributed by atoms with E-state index in [4.69, 9.17) is 18.4 Å². The van der Waals surface area contributed by atoms with Crippen molar-refractivity contribution < 1.29 is 41.2 Å². The average Bonchev–Trinajstić information content (AvgIpc) is 2.95. The smallest absolute Gasteiger partial charge is 0.338 e. The topological polar surface area (TPSA) is 122 Å². The maximum Gasteiger partial charge on any atom is 0.338 e. The van der Waals surface area contributed by atoms with Crippen molar-refractivity contribution in [3.63, 3.8) is 0 Å². The lowest BCUT2D eigenvalue weighted by molar-refractivity contribution is -0.167. The highest BCUT2D eigenvalue weighted by Crippen LogP contribution is 2.39. The van der Waals surface area contributed by atoms with Crippen molar-refractivity contribution in [3.8, 4) is 0 Å². The van der Waals surface area contributed by atoms with Gasteiger partial charge in [0, 0.05) is 11.8 Å². The van der Waals surface area contributed by atoms with Crippen LogP contribution in [0.4, 0.5) is 0 Å². The van der Waals surface area contributed by atoms with Crippen molar-refractivity contribution in [3.05, 3.63) is 108 Å². The summed E-state index contributed by atoms with van der Waals surface area (Å²) >= 11 is 0. The first kappa shape index (κ1) is 29.0. The van der Waals surface area contributed by atoms with E-state index >= 15 is 0 Å². The van der Waals surface area contributed by atoms with Crippen molar-refractivity contribution in [1.29, 1.82) is 0 Å². The van der Waals surface area contributed by atoms with E-state index in [9.17, 15) is 22.8 Å². The number of carbonyl (C=O) groups is 3. The number of benzene rings is 3. The predicted octanol–water partition coefficient (Wildman–Crippen LogP) is 4.29. The zero-order valence-electron chi connectivity index (χ0n) is 22.2. The molecule has 1 fully saturated rings. The summed E-state index contributed by atoms with van der Waals surface area (Å²) in [6, 6.07) is 24.6. The lowest BCUT2D eigenvalue weighted by atomic mass is 9.74. The van der Waals surface area contributed by atoms with E-state index in [2.05, 4.69) is 0 Å². The minimum atomic E-state index is -4.11. The molecule has 3 aromatic rings. The second kappa shape index (κ2) is 12.4. The number of ether oxygens (including phenoxy) is 3. The second-order valence-corrected chi connectivity index (χ2v) is 11.3. The normalized spacial score (nSPS) is 24.5. The third-order valence-electron chi connectivity index (χ3n) is 6.76. The highest BCUT2D eigenvalue weighted by molar-refractivity contribution is 7.86. The first-order chi connectivity index (χ1) is 19.0. The van der Waals surface area contributed by atoms with Gasteiger partial charge in [0.15, 0.2) is 6.10 Å². The lowest BCUT2D eigenvalue weighted by Gasteiger charge is -2.46. The van der Waals surface area contributed by atoms with Crippen molar-refractivity contribution in [2.75, 3.05) is 6.26 Å². The molecule has 0 heterocycles. The monoisotopic (exact) mass is 566 g/mol. The van der Waals surface area contributed by atoms with Crippen LogP contribution in [0.1, 0.15) is 44.9 Å². The number of rotatable bonds is 8. The van der Waals surface area contributed by atoms with Crippen LogP contribution in [0.5, 0.6) is 0 Å². The van der Waals surface area contributed by atoms with Crippen LogP contribution < -0.4 is 0 Å². The molecular formula is C30H30O9S. The van der Waals surface area contributed by atoms with Crippen molar-refractivity contribution in [2.24, 2.45) is 11.8 Å². The molecule has 10 heteroatoms. The predicted molar refractivity (Wildman–Crippen MR) is 145 cm³/mol. The molecule has 1 aliphatic carbocycles. The van der Waals surface area contributed by atoms with Gasteiger partial charge in [-0.1, -0.05) is 68.4 Å². The Morgan fingerprint density at radius 3 is 1.12 bits per heavy atom. The molecule has 40 heavy (non-hydrogen) atoms. The molecule has 0 saturated heterocycles. The molecule has 6 atom stereocenters. The molecule has 3 unspecified atom stereocenters. The van der Waals surface area contributed by atoms with Gasteiger partial charge in [-0.15, -0.1) is 0 Å². The molecule has 0 radical (unpaired) electrons. The zero-order valence-corrected chi connectivity index (χ0v) is 23.0. The molecule has 0 amide bonds. The van der Waals surface area contributed by atoms with E-state index in [1.165, 1.54) is 0 Å². The van der Waals surface area contributed by atoms with Crippen LogP contribution in [-0.4, -0.2) is 57.0 Å². The van der Waals surface area contributed by atoms with E-state index in [0.717, 1.165) is 6.26 Å². The largest absolute Gasteiger partial charge is 0.458 e. The Kier molecular flexibility index (Phi) is 9.01. The van der Waals surface area contributed by atoms with Crippen LogP contribution in [0.25, 0.3) is 0 Å². The molecule has 0 spiro atoms. The molecule has 3 aromatic carbocycles. The van der Waals surface area contributed by atoms with Gasteiger partial charge in [-0.05, 0) is 36.4 Å². The Labute approximate surface area is 233 Å². The SMILES string of the molecule is CC1C(OC(=O)c2ccccc2)[C@H](C)[C@@H](OC(=O)c2ccccc2)C(OS(C)(=O)=O)[C@@H]1OC(=O)c1ccccc1. The molecule has 0 bridgehead atoms. The molecule has 0 aromatic heterocycles. The Morgan fingerprint density at radius 2 is 0.825 bits per heavy atom. The van der Waals surface area contributed by atoms with Gasteiger partial charge in [0.05, 0.1) is 22.9 Å². The van der Waals surface area contributed by atoms with Crippen LogP contribution in [0, 0.1) is 11.8 Å². The first-order valence-electron chi connectivity index (χ1n) is 12.7. The molecule has 0 aliphatic heterocycles. The van der Waals surface area contributed by atoms with E-state index in [-0.39, 0.29) is 11.1 Å². The molecule has 210 valence electrons. The number of hydrogen-bond acceptors (Lipinski definition) is 9. The van der Waals surface area contributed by atoms with Crippen LogP contribution in [0.15, 0.2) is 91.0 Å². The van der Waals surface area contributed by atoms with E-state index < -0.39 is 64.3 Å². The third-order valence-corrected chi connectivity index (χ3v) is 7.34. The number of esters is 3. The number of hydrogen-bond donors (Lipinski definition) is 0. The molecule has 9 nitrogen and oxygen atoms in total. The van der Waals surface area contributed by atoms with Gasteiger partial charge in [-0.25, -0.2) is 14.4 Å². The van der Waals surface area contributed by atoms with Crippen LogP contribution >= 0.6 is 0 Å². The third kappa shape index (κ3) is 6.94. The summed E-state index contributed by atoms with van der Waals surface area (Å²) in [5.41, 5.74) is 0.747. The van der Waals surface area contributed by atoms with E-state index in [1.54, 1.807) is 105 Å². The maximum absolute atomic E-state index is 13.1. The summed E-state index contributed by atoms with van der Waals surface area (Å²) in [6.07, 6.45) is -4.02. The summed E-state index contributed by atoms with van der Waals surface area (Å²) in [5.74, 6) is -3.60. The van der Waals surface area contributed by atoms with Crippen molar-refractivity contribution >= 4 is 28.0 Å². The maximum atomic E-state index is 13.1. The lowest BCUT2D eigenvalue weighted by Crippen LogP contribution is -2.61. The Morgan fingerprint density at radius 1 is 0.525 bits per heavy atom. The van der Waals surface area contributed by atoms with E-state index in [1.807, 2.05) is 0 Å². The molecule has 4 rings (SSSR count). The fourth-order valence-electron chi connectivity index (χ4n) is 4.81. The van der Waals surface area contributed by atoms with E-state index in [0.29, 0.717) is 5.56 Å². The van der Waals surface area contributed by atoms with Gasteiger partial charge in [0.2, 0.25) is 0 Å². The standard InChI is InChI=1S/C30H30O9S/c1-19-24(36-28(31)21-13-7-4-8-14-21)20(2)26(38-30(33)23-17-11-6-12-18-23)27(39-40(3,34)35)25(19)37-29(32)22-15-9-5-10-16-22/h4-20,24-27H,1-3H3/t19-,20?,24?,25+,26+,27?/m0/s1. The first-order valence-corrected chi connectivity index (χ1v) is 14.5. The molecule has 1 aliphatic rings. The van der Waals surface area contributed by atoms with Gasteiger partial charge >= 0.3 is 17.9 Å². The van der Waals surface area contributed by atoms with Gasteiger partial charge < -0.3 is 14.2 Å². The summed E-state index contributed by atoms with van der Waals surface area (Å²) in [6.45, 7) is 3.33. The summed E-state index contributed by atoms with van der Waals surface area (Å²) in [5, 5.41) is 0. The van der Waals surface area contributed by atoms with Gasteiger partial charge in [0.1, 0.15) is 18.3 Å². The summed E-state index contributed by atoms with van der Waals surface area (Å²) in [4.78, 5) is 39.3. The molecular weight excluding hydrogens is 536 g/mol. The fraction of sp³-hybridized carbons (Fsp3) is 0.300. The van der Waals surface area contributed by atoms with Crippen LogP contribution in [-0.2, 0) is 28.5 Å². The fourth-order valence-corrected chi connectivity index (χ4v) is 5.43. The summed E-state index contributed by atoms with van der Waals surface area (Å²) < 4.78 is 47.7. The Balaban J connectivity index is 1.73. The highest BCUT2D eigenvalue weighted by Gasteiger charge is 2.54. The average molecular weight is 567 g/mol. The van der Waals surface area contributed by atoms with Crippen LogP contribution in [0.2, 0.25) is 0 Å². The molecule has 1 saturated carbocycles. The Bertz CT molecular complexity index is 1360.